The average Bonchev–Trinajstić information content (AvgIpc) is 2.59. The summed E-state index contributed by atoms with van der Waals surface area (Å²) in [6.45, 7) is 3.60. The van der Waals surface area contributed by atoms with E-state index in [9.17, 15) is 14.0 Å². The van der Waals surface area contributed by atoms with Gasteiger partial charge in [0.05, 0.1) is 12.6 Å². The standard InChI is InChI=1S/C17H24FN3O2/c1-2-21(17(23)15-5-3-4-10-19-15)12-16(22)20-11-13-6-8-14(18)9-7-13/h6-9,15,19H,2-5,10-12H2,1H3,(H,20,22)/t15-/m0/s1. The number of likely N-dealkylation sites (N-methyl/N-ethyl adjacent to an activating group) is 1. The first-order chi connectivity index (χ1) is 11.1. The van der Waals surface area contributed by atoms with Crippen molar-refractivity contribution in [3.05, 3.63) is 35.6 Å². The zero-order valence-electron chi connectivity index (χ0n) is 13.5. The summed E-state index contributed by atoms with van der Waals surface area (Å²) in [4.78, 5) is 26.0. The molecule has 0 bridgehead atoms. The Morgan fingerprint density at radius 2 is 2.04 bits per heavy atom. The molecule has 2 amide bonds. The monoisotopic (exact) mass is 321 g/mol. The molecule has 2 rings (SSSR count). The molecule has 1 heterocycles. The number of benzene rings is 1. The second kappa shape index (κ2) is 8.62. The molecular weight excluding hydrogens is 297 g/mol. The van der Waals surface area contributed by atoms with E-state index in [0.717, 1.165) is 31.4 Å². The van der Waals surface area contributed by atoms with Crippen LogP contribution in [0.4, 0.5) is 4.39 Å². The van der Waals surface area contributed by atoms with Crippen LogP contribution in [0.15, 0.2) is 24.3 Å². The minimum Gasteiger partial charge on any atom is -0.350 e. The lowest BCUT2D eigenvalue weighted by Gasteiger charge is -2.29. The van der Waals surface area contributed by atoms with E-state index in [0.29, 0.717) is 13.1 Å². The number of amides is 2. The van der Waals surface area contributed by atoms with Crippen molar-refractivity contribution in [3.63, 3.8) is 0 Å². The van der Waals surface area contributed by atoms with E-state index >= 15 is 0 Å². The van der Waals surface area contributed by atoms with Crippen LogP contribution in [0.1, 0.15) is 31.7 Å². The van der Waals surface area contributed by atoms with E-state index in [1.54, 1.807) is 17.0 Å². The quantitative estimate of drug-likeness (QED) is 0.833. The third kappa shape index (κ3) is 5.32. The van der Waals surface area contributed by atoms with Gasteiger partial charge in [0.15, 0.2) is 0 Å². The van der Waals surface area contributed by atoms with Gasteiger partial charge >= 0.3 is 0 Å². The van der Waals surface area contributed by atoms with Crippen LogP contribution in [0, 0.1) is 5.82 Å². The number of nitrogens with zero attached hydrogens (tertiary/aromatic N) is 1. The summed E-state index contributed by atoms with van der Waals surface area (Å²) in [6, 6.07) is 5.80. The van der Waals surface area contributed by atoms with Crippen LogP contribution >= 0.6 is 0 Å². The number of piperidine rings is 1. The lowest BCUT2D eigenvalue weighted by molar-refractivity contribution is -0.138. The molecule has 0 aromatic heterocycles. The topological polar surface area (TPSA) is 61.4 Å². The normalized spacial score (nSPS) is 17.6. The number of carbonyl (C=O) groups excluding carboxylic acids is 2. The van der Waals surface area contributed by atoms with Crippen molar-refractivity contribution in [2.75, 3.05) is 19.6 Å². The molecule has 0 spiro atoms. The molecular formula is C17H24FN3O2. The molecule has 1 atom stereocenters. The summed E-state index contributed by atoms with van der Waals surface area (Å²) in [6.07, 6.45) is 2.96. The largest absolute Gasteiger partial charge is 0.350 e. The zero-order chi connectivity index (χ0) is 16.7. The number of rotatable bonds is 6. The maximum atomic E-state index is 12.8. The van der Waals surface area contributed by atoms with E-state index in [1.807, 2.05) is 6.92 Å². The Balaban J connectivity index is 1.81. The lowest BCUT2D eigenvalue weighted by atomic mass is 10.0. The molecule has 1 aliphatic heterocycles. The summed E-state index contributed by atoms with van der Waals surface area (Å²) in [7, 11) is 0. The second-order valence-corrected chi connectivity index (χ2v) is 5.76. The van der Waals surface area contributed by atoms with Gasteiger partial charge in [-0.05, 0) is 44.0 Å². The van der Waals surface area contributed by atoms with Gasteiger partial charge in [-0.15, -0.1) is 0 Å². The minimum atomic E-state index is -0.303. The Morgan fingerprint density at radius 3 is 2.65 bits per heavy atom. The molecule has 2 N–H and O–H groups in total. The van der Waals surface area contributed by atoms with Gasteiger partial charge in [0.1, 0.15) is 5.82 Å². The number of carbonyl (C=O) groups is 2. The number of halogens is 1. The first-order valence-electron chi connectivity index (χ1n) is 8.13. The number of hydrogen-bond acceptors (Lipinski definition) is 3. The molecule has 0 radical (unpaired) electrons. The first kappa shape index (κ1) is 17.4. The predicted molar refractivity (Wildman–Crippen MR) is 86.1 cm³/mol. The number of nitrogens with one attached hydrogen (secondary N) is 2. The molecule has 23 heavy (non-hydrogen) atoms. The Kier molecular flexibility index (Phi) is 6.52. The Bertz CT molecular complexity index is 527. The molecule has 0 aliphatic carbocycles. The van der Waals surface area contributed by atoms with Gasteiger partial charge in [0.2, 0.25) is 11.8 Å². The van der Waals surface area contributed by atoms with Gasteiger partial charge in [-0.2, -0.15) is 0 Å². The van der Waals surface area contributed by atoms with Gasteiger partial charge in [-0.1, -0.05) is 18.6 Å². The smallest absolute Gasteiger partial charge is 0.240 e. The SMILES string of the molecule is CCN(CC(=O)NCc1ccc(F)cc1)C(=O)[C@@H]1CCCCN1. The molecule has 1 aromatic rings. The molecule has 0 unspecified atom stereocenters. The fraction of sp³-hybridized carbons (Fsp3) is 0.529. The fourth-order valence-electron chi connectivity index (χ4n) is 2.66. The van der Waals surface area contributed by atoms with Crippen LogP contribution in [-0.2, 0) is 16.1 Å². The van der Waals surface area contributed by atoms with Crippen molar-refractivity contribution in [3.8, 4) is 0 Å². The molecule has 1 fully saturated rings. The van der Waals surface area contributed by atoms with Crippen molar-refractivity contribution in [1.82, 2.24) is 15.5 Å². The highest BCUT2D eigenvalue weighted by Crippen LogP contribution is 2.10. The van der Waals surface area contributed by atoms with Crippen LogP contribution < -0.4 is 10.6 Å². The van der Waals surface area contributed by atoms with Gasteiger partial charge in [-0.25, -0.2) is 4.39 Å². The third-order valence-electron chi connectivity index (χ3n) is 4.04. The highest BCUT2D eigenvalue weighted by Gasteiger charge is 2.25. The Hall–Kier alpha value is -1.95. The average molecular weight is 321 g/mol. The van der Waals surface area contributed by atoms with E-state index in [-0.39, 0.29) is 30.2 Å². The third-order valence-corrected chi connectivity index (χ3v) is 4.04. The molecule has 126 valence electrons. The van der Waals surface area contributed by atoms with Crippen molar-refractivity contribution in [2.24, 2.45) is 0 Å². The van der Waals surface area contributed by atoms with Crippen LogP contribution in [0.3, 0.4) is 0 Å². The van der Waals surface area contributed by atoms with Gasteiger partial charge in [0, 0.05) is 13.1 Å². The minimum absolute atomic E-state index is 0.0101. The van der Waals surface area contributed by atoms with Gasteiger partial charge < -0.3 is 15.5 Å². The van der Waals surface area contributed by atoms with Gasteiger partial charge in [0.25, 0.3) is 0 Å². The zero-order valence-corrected chi connectivity index (χ0v) is 13.5. The number of hydrogen-bond donors (Lipinski definition) is 2. The van der Waals surface area contributed by atoms with Crippen LogP contribution in [0.5, 0.6) is 0 Å². The van der Waals surface area contributed by atoms with Crippen LogP contribution in [-0.4, -0.2) is 42.4 Å². The molecule has 5 nitrogen and oxygen atoms in total. The summed E-state index contributed by atoms with van der Waals surface area (Å²) in [5.41, 5.74) is 0.822. The lowest BCUT2D eigenvalue weighted by Crippen LogP contribution is -2.51. The van der Waals surface area contributed by atoms with Gasteiger partial charge in [-0.3, -0.25) is 9.59 Å². The molecule has 1 saturated heterocycles. The summed E-state index contributed by atoms with van der Waals surface area (Å²) < 4.78 is 12.8. The molecule has 0 saturated carbocycles. The van der Waals surface area contributed by atoms with E-state index in [4.69, 9.17) is 0 Å². The van der Waals surface area contributed by atoms with Crippen LogP contribution in [0.2, 0.25) is 0 Å². The summed E-state index contributed by atoms with van der Waals surface area (Å²) in [5, 5.41) is 5.98. The highest BCUT2D eigenvalue weighted by molar-refractivity contribution is 5.87. The van der Waals surface area contributed by atoms with Crippen molar-refractivity contribution >= 4 is 11.8 Å². The molecule has 6 heteroatoms. The molecule has 1 aliphatic rings. The van der Waals surface area contributed by atoms with E-state index < -0.39 is 0 Å². The van der Waals surface area contributed by atoms with E-state index in [1.165, 1.54) is 12.1 Å². The highest BCUT2D eigenvalue weighted by atomic mass is 19.1. The van der Waals surface area contributed by atoms with Crippen LogP contribution in [0.25, 0.3) is 0 Å². The predicted octanol–water partition coefficient (Wildman–Crippen LogP) is 1.43. The fourth-order valence-corrected chi connectivity index (χ4v) is 2.66. The second-order valence-electron chi connectivity index (χ2n) is 5.76. The van der Waals surface area contributed by atoms with E-state index in [2.05, 4.69) is 10.6 Å². The Labute approximate surface area is 136 Å². The maximum Gasteiger partial charge on any atom is 0.240 e. The van der Waals surface area contributed by atoms with Crippen molar-refractivity contribution < 1.29 is 14.0 Å². The van der Waals surface area contributed by atoms with Crippen molar-refractivity contribution in [2.45, 2.75) is 38.8 Å². The van der Waals surface area contributed by atoms with Crippen molar-refractivity contribution in [1.29, 1.82) is 0 Å². The first-order valence-corrected chi connectivity index (χ1v) is 8.13. The Morgan fingerprint density at radius 1 is 1.30 bits per heavy atom. The summed E-state index contributed by atoms with van der Waals surface area (Å²) >= 11 is 0. The molecule has 1 aromatic carbocycles. The maximum absolute atomic E-state index is 12.8. The summed E-state index contributed by atoms with van der Waals surface area (Å²) in [5.74, 6) is -0.521.